The molecule has 0 saturated heterocycles. The number of nitrogens with one attached hydrogen (secondary N) is 1. The number of rotatable bonds is 6. The van der Waals surface area contributed by atoms with Gasteiger partial charge in [0.05, 0.1) is 17.9 Å². The Balaban J connectivity index is 2.13. The van der Waals surface area contributed by atoms with Gasteiger partial charge >= 0.3 is 0 Å². The molecule has 1 aromatic carbocycles. The Hall–Kier alpha value is -2.47. The molecule has 0 unspecified atom stereocenters. The number of aromatic nitrogens is 1. The SMILES string of the molecule is COCc1cc(CNc2ccncc2C(N)=O)ccc1F. The molecule has 0 atom stereocenters. The van der Waals surface area contributed by atoms with Crippen LogP contribution in [-0.2, 0) is 17.9 Å². The van der Waals surface area contributed by atoms with E-state index in [2.05, 4.69) is 10.3 Å². The quantitative estimate of drug-likeness (QED) is 0.853. The Labute approximate surface area is 121 Å². The molecule has 0 aliphatic heterocycles. The van der Waals surface area contributed by atoms with Crippen LogP contribution < -0.4 is 11.1 Å². The van der Waals surface area contributed by atoms with E-state index in [4.69, 9.17) is 10.5 Å². The van der Waals surface area contributed by atoms with Crippen molar-refractivity contribution in [2.75, 3.05) is 12.4 Å². The summed E-state index contributed by atoms with van der Waals surface area (Å²) < 4.78 is 18.5. The maximum Gasteiger partial charge on any atom is 0.252 e. The van der Waals surface area contributed by atoms with Crippen molar-refractivity contribution in [3.8, 4) is 0 Å². The van der Waals surface area contributed by atoms with Crippen molar-refractivity contribution in [1.29, 1.82) is 0 Å². The zero-order valence-corrected chi connectivity index (χ0v) is 11.6. The Morgan fingerprint density at radius 2 is 2.24 bits per heavy atom. The average molecular weight is 289 g/mol. The number of pyridine rings is 1. The first-order chi connectivity index (χ1) is 10.1. The molecule has 2 aromatic rings. The van der Waals surface area contributed by atoms with Crippen LogP contribution in [0.1, 0.15) is 21.5 Å². The van der Waals surface area contributed by atoms with E-state index >= 15 is 0 Å². The number of carbonyl (C=O) groups excluding carboxylic acids is 1. The zero-order valence-electron chi connectivity index (χ0n) is 11.6. The van der Waals surface area contributed by atoms with Crippen LogP contribution in [0.5, 0.6) is 0 Å². The van der Waals surface area contributed by atoms with Crippen molar-refractivity contribution < 1.29 is 13.9 Å². The first-order valence-electron chi connectivity index (χ1n) is 6.35. The summed E-state index contributed by atoms with van der Waals surface area (Å²) in [5.41, 5.74) is 7.55. The summed E-state index contributed by atoms with van der Waals surface area (Å²) in [4.78, 5) is 15.2. The summed E-state index contributed by atoms with van der Waals surface area (Å²) in [6.45, 7) is 0.642. The van der Waals surface area contributed by atoms with Crippen LogP contribution in [0.3, 0.4) is 0 Å². The molecular weight excluding hydrogens is 273 g/mol. The lowest BCUT2D eigenvalue weighted by Crippen LogP contribution is -2.14. The van der Waals surface area contributed by atoms with Crippen molar-refractivity contribution in [2.45, 2.75) is 13.2 Å². The third-order valence-electron chi connectivity index (χ3n) is 2.98. The number of benzene rings is 1. The van der Waals surface area contributed by atoms with Gasteiger partial charge in [0.2, 0.25) is 0 Å². The lowest BCUT2D eigenvalue weighted by atomic mass is 10.1. The van der Waals surface area contributed by atoms with E-state index < -0.39 is 5.91 Å². The summed E-state index contributed by atoms with van der Waals surface area (Å²) in [6.07, 6.45) is 2.97. The summed E-state index contributed by atoms with van der Waals surface area (Å²) in [5.74, 6) is -0.855. The van der Waals surface area contributed by atoms with Gasteiger partial charge in [-0.15, -0.1) is 0 Å². The zero-order chi connectivity index (χ0) is 15.2. The molecular formula is C15H16FN3O2. The highest BCUT2D eigenvalue weighted by Crippen LogP contribution is 2.16. The number of amides is 1. The lowest BCUT2D eigenvalue weighted by Gasteiger charge is -2.11. The van der Waals surface area contributed by atoms with Gasteiger partial charge in [0.25, 0.3) is 5.91 Å². The number of hydrogen-bond acceptors (Lipinski definition) is 4. The summed E-state index contributed by atoms with van der Waals surface area (Å²) in [5, 5.41) is 3.10. The van der Waals surface area contributed by atoms with E-state index in [0.717, 1.165) is 5.56 Å². The van der Waals surface area contributed by atoms with Crippen LogP contribution in [0.2, 0.25) is 0 Å². The van der Waals surface area contributed by atoms with Crippen LogP contribution >= 0.6 is 0 Å². The fourth-order valence-electron chi connectivity index (χ4n) is 1.95. The molecule has 0 spiro atoms. The predicted octanol–water partition coefficient (Wildman–Crippen LogP) is 2.08. The number of primary amides is 1. The summed E-state index contributed by atoms with van der Waals surface area (Å²) in [7, 11) is 1.51. The number of ether oxygens (including phenoxy) is 1. The highest BCUT2D eigenvalue weighted by molar-refractivity contribution is 5.98. The van der Waals surface area contributed by atoms with Crippen molar-refractivity contribution >= 4 is 11.6 Å². The molecule has 6 heteroatoms. The average Bonchev–Trinajstić information content (AvgIpc) is 2.48. The molecule has 110 valence electrons. The first kappa shape index (κ1) is 14.9. The number of nitrogens with zero attached hydrogens (tertiary/aromatic N) is 1. The molecule has 0 saturated carbocycles. The molecule has 0 aliphatic carbocycles. The molecule has 1 heterocycles. The highest BCUT2D eigenvalue weighted by atomic mass is 19.1. The topological polar surface area (TPSA) is 77.2 Å². The van der Waals surface area contributed by atoms with Gasteiger partial charge in [0.15, 0.2) is 0 Å². The van der Waals surface area contributed by atoms with Crippen LogP contribution in [0.15, 0.2) is 36.7 Å². The van der Waals surface area contributed by atoms with E-state index in [-0.39, 0.29) is 12.4 Å². The van der Waals surface area contributed by atoms with Gasteiger partial charge in [0, 0.05) is 31.6 Å². The standard InChI is InChI=1S/C15H16FN3O2/c1-21-9-11-6-10(2-3-13(11)16)7-19-14-4-5-18-8-12(14)15(17)20/h2-6,8H,7,9H2,1H3,(H2,17,20)(H,18,19). The van der Waals surface area contributed by atoms with E-state index in [1.807, 2.05) is 0 Å². The van der Waals surface area contributed by atoms with Crippen LogP contribution in [0, 0.1) is 5.82 Å². The fraction of sp³-hybridized carbons (Fsp3) is 0.200. The largest absolute Gasteiger partial charge is 0.380 e. The van der Waals surface area contributed by atoms with Crippen LogP contribution in [0.4, 0.5) is 10.1 Å². The second-order valence-corrected chi connectivity index (χ2v) is 4.50. The molecule has 1 amide bonds. The smallest absolute Gasteiger partial charge is 0.252 e. The van der Waals surface area contributed by atoms with Crippen LogP contribution in [-0.4, -0.2) is 18.0 Å². The first-order valence-corrected chi connectivity index (χ1v) is 6.35. The Morgan fingerprint density at radius 3 is 2.95 bits per heavy atom. The van der Waals surface area contributed by atoms with Gasteiger partial charge in [0.1, 0.15) is 5.82 Å². The number of nitrogens with two attached hydrogens (primary N) is 1. The molecule has 1 aromatic heterocycles. The number of halogens is 1. The normalized spacial score (nSPS) is 10.4. The Morgan fingerprint density at radius 1 is 1.43 bits per heavy atom. The van der Waals surface area contributed by atoms with E-state index in [0.29, 0.717) is 23.4 Å². The monoisotopic (exact) mass is 289 g/mol. The van der Waals surface area contributed by atoms with E-state index in [9.17, 15) is 9.18 Å². The summed E-state index contributed by atoms with van der Waals surface area (Å²) in [6, 6.07) is 6.45. The van der Waals surface area contributed by atoms with Gasteiger partial charge in [-0.2, -0.15) is 0 Å². The minimum atomic E-state index is -0.551. The van der Waals surface area contributed by atoms with Crippen molar-refractivity contribution in [3.63, 3.8) is 0 Å². The number of anilines is 1. The molecule has 3 N–H and O–H groups in total. The Bertz CT molecular complexity index is 647. The Kier molecular flexibility index (Phi) is 4.84. The number of hydrogen-bond donors (Lipinski definition) is 2. The third kappa shape index (κ3) is 3.76. The number of methoxy groups -OCH3 is 1. The summed E-state index contributed by atoms with van der Waals surface area (Å²) >= 11 is 0. The van der Waals surface area contributed by atoms with Gasteiger partial charge in [-0.05, 0) is 23.8 Å². The molecule has 0 bridgehead atoms. The molecule has 0 radical (unpaired) electrons. The highest BCUT2D eigenvalue weighted by Gasteiger charge is 2.08. The van der Waals surface area contributed by atoms with Crippen molar-refractivity contribution in [3.05, 3.63) is 59.2 Å². The van der Waals surface area contributed by atoms with E-state index in [1.165, 1.54) is 19.4 Å². The molecule has 0 fully saturated rings. The predicted molar refractivity (Wildman–Crippen MR) is 77.2 cm³/mol. The van der Waals surface area contributed by atoms with E-state index in [1.54, 1.807) is 24.4 Å². The molecule has 21 heavy (non-hydrogen) atoms. The molecule has 2 rings (SSSR count). The molecule has 0 aliphatic rings. The van der Waals surface area contributed by atoms with Crippen molar-refractivity contribution in [2.24, 2.45) is 5.73 Å². The third-order valence-corrected chi connectivity index (χ3v) is 2.98. The van der Waals surface area contributed by atoms with Gasteiger partial charge in [-0.25, -0.2) is 4.39 Å². The van der Waals surface area contributed by atoms with Crippen molar-refractivity contribution in [1.82, 2.24) is 4.98 Å². The van der Waals surface area contributed by atoms with Gasteiger partial charge < -0.3 is 15.8 Å². The van der Waals surface area contributed by atoms with Gasteiger partial charge in [-0.1, -0.05) is 6.07 Å². The second kappa shape index (κ2) is 6.81. The number of carbonyl (C=O) groups is 1. The second-order valence-electron chi connectivity index (χ2n) is 4.50. The minimum Gasteiger partial charge on any atom is -0.380 e. The minimum absolute atomic E-state index is 0.210. The van der Waals surface area contributed by atoms with Crippen LogP contribution in [0.25, 0.3) is 0 Å². The fourth-order valence-corrected chi connectivity index (χ4v) is 1.95. The maximum atomic E-state index is 13.5. The van der Waals surface area contributed by atoms with Gasteiger partial charge in [-0.3, -0.25) is 9.78 Å². The maximum absolute atomic E-state index is 13.5. The lowest BCUT2D eigenvalue weighted by molar-refractivity contribution is 0.100. The molecule has 5 nitrogen and oxygen atoms in total.